The van der Waals surface area contributed by atoms with Gasteiger partial charge in [0.1, 0.15) is 11.8 Å². The van der Waals surface area contributed by atoms with Crippen LogP contribution in [-0.2, 0) is 4.74 Å². The molecule has 0 aliphatic heterocycles. The van der Waals surface area contributed by atoms with Gasteiger partial charge in [0, 0.05) is 30.4 Å². The first-order chi connectivity index (χ1) is 16.9. The smallest absolute Gasteiger partial charge is 0.407 e. The maximum atomic E-state index is 13.2. The number of methoxy groups -OCH3 is 1. The summed E-state index contributed by atoms with van der Waals surface area (Å²) in [5.41, 5.74) is 3.33. The van der Waals surface area contributed by atoms with E-state index in [0.717, 1.165) is 25.7 Å². The van der Waals surface area contributed by atoms with E-state index in [-0.39, 0.29) is 24.0 Å². The van der Waals surface area contributed by atoms with E-state index in [0.29, 0.717) is 33.8 Å². The Kier molecular flexibility index (Phi) is 7.10. The number of aromatic nitrogens is 4. The lowest BCUT2D eigenvalue weighted by atomic mass is 9.91. The predicted octanol–water partition coefficient (Wildman–Crippen LogP) is 2.88. The fourth-order valence-corrected chi connectivity index (χ4v) is 4.19. The van der Waals surface area contributed by atoms with Crippen molar-refractivity contribution in [3.05, 3.63) is 41.9 Å². The standard InChI is InChI=1S/C24H28N8O3/c1-14(2)29-19-9-20(21-13-27-22-8-15(10-25)11-28-32(21)22)26-12-18(19)23(33)30-16-4-6-17(7-5-16)31-24(34)35-3/h8-9,11-14,16-17H,4-7H2,1-3H3,(H,26,29)(H,30,33)(H,31,34)/t16-,17-. The molecule has 11 heteroatoms. The van der Waals surface area contributed by atoms with Crippen molar-refractivity contribution < 1.29 is 14.3 Å². The third kappa shape index (κ3) is 5.48. The van der Waals surface area contributed by atoms with Gasteiger partial charge in [-0.2, -0.15) is 10.4 Å². The van der Waals surface area contributed by atoms with Crippen LogP contribution in [0.25, 0.3) is 17.0 Å². The zero-order chi connectivity index (χ0) is 24.9. The highest BCUT2D eigenvalue weighted by Crippen LogP contribution is 2.26. The molecule has 35 heavy (non-hydrogen) atoms. The SMILES string of the molecule is COC(=O)N[C@H]1CC[C@H](NC(=O)c2cnc(-c3cnc4cc(C#N)cnn34)cc2NC(C)C)CC1. The van der Waals surface area contributed by atoms with E-state index in [4.69, 9.17) is 5.26 Å². The summed E-state index contributed by atoms with van der Waals surface area (Å²) in [6, 6.07) is 5.69. The lowest BCUT2D eigenvalue weighted by molar-refractivity contribution is 0.0923. The van der Waals surface area contributed by atoms with Gasteiger partial charge in [-0.3, -0.25) is 9.78 Å². The third-order valence-electron chi connectivity index (χ3n) is 5.92. The predicted molar refractivity (Wildman–Crippen MR) is 129 cm³/mol. The molecular formula is C24H28N8O3. The Morgan fingerprint density at radius 1 is 1.09 bits per heavy atom. The highest BCUT2D eigenvalue weighted by Gasteiger charge is 2.25. The van der Waals surface area contributed by atoms with Gasteiger partial charge in [-0.25, -0.2) is 14.3 Å². The molecule has 3 heterocycles. The van der Waals surface area contributed by atoms with E-state index < -0.39 is 6.09 Å². The number of anilines is 1. The summed E-state index contributed by atoms with van der Waals surface area (Å²) >= 11 is 0. The zero-order valence-electron chi connectivity index (χ0n) is 19.9. The third-order valence-corrected chi connectivity index (χ3v) is 5.92. The van der Waals surface area contributed by atoms with Crippen LogP contribution in [0.5, 0.6) is 0 Å². The number of imidazole rings is 1. The van der Waals surface area contributed by atoms with Crippen molar-refractivity contribution in [2.24, 2.45) is 0 Å². The summed E-state index contributed by atoms with van der Waals surface area (Å²) in [5, 5.41) is 22.7. The first kappa shape index (κ1) is 23.9. The van der Waals surface area contributed by atoms with Crippen molar-refractivity contribution in [3.8, 4) is 17.5 Å². The second-order valence-electron chi connectivity index (χ2n) is 8.84. The Labute approximate surface area is 202 Å². The summed E-state index contributed by atoms with van der Waals surface area (Å²) < 4.78 is 6.28. The summed E-state index contributed by atoms with van der Waals surface area (Å²) in [6.45, 7) is 3.99. The molecule has 0 spiro atoms. The van der Waals surface area contributed by atoms with Crippen molar-refractivity contribution in [2.75, 3.05) is 12.4 Å². The molecule has 3 aromatic heterocycles. The molecule has 3 N–H and O–H groups in total. The molecule has 0 bridgehead atoms. The van der Waals surface area contributed by atoms with Crippen LogP contribution in [0.2, 0.25) is 0 Å². The van der Waals surface area contributed by atoms with E-state index >= 15 is 0 Å². The molecular weight excluding hydrogens is 448 g/mol. The lowest BCUT2D eigenvalue weighted by Gasteiger charge is -2.29. The molecule has 1 saturated carbocycles. The van der Waals surface area contributed by atoms with E-state index in [1.54, 1.807) is 23.0 Å². The Morgan fingerprint density at radius 2 is 1.80 bits per heavy atom. The molecule has 1 aliphatic carbocycles. The van der Waals surface area contributed by atoms with Crippen LogP contribution >= 0.6 is 0 Å². The van der Waals surface area contributed by atoms with Crippen molar-refractivity contribution >= 4 is 23.3 Å². The van der Waals surface area contributed by atoms with Gasteiger partial charge in [-0.05, 0) is 45.6 Å². The zero-order valence-corrected chi connectivity index (χ0v) is 19.9. The number of carbonyl (C=O) groups excluding carboxylic acids is 2. The van der Waals surface area contributed by atoms with Gasteiger partial charge in [0.2, 0.25) is 0 Å². The second kappa shape index (κ2) is 10.4. The van der Waals surface area contributed by atoms with Crippen LogP contribution in [0, 0.1) is 11.3 Å². The van der Waals surface area contributed by atoms with Crippen LogP contribution in [-0.4, -0.2) is 56.8 Å². The highest BCUT2D eigenvalue weighted by atomic mass is 16.5. The average molecular weight is 477 g/mol. The molecule has 11 nitrogen and oxygen atoms in total. The molecule has 0 radical (unpaired) electrons. The van der Waals surface area contributed by atoms with E-state index in [1.807, 2.05) is 19.9 Å². The molecule has 182 valence electrons. The lowest BCUT2D eigenvalue weighted by Crippen LogP contribution is -2.43. The van der Waals surface area contributed by atoms with Gasteiger partial charge in [0.25, 0.3) is 5.91 Å². The number of amides is 2. The summed E-state index contributed by atoms with van der Waals surface area (Å²) in [6.07, 6.45) is 7.30. The largest absolute Gasteiger partial charge is 0.453 e. The maximum Gasteiger partial charge on any atom is 0.407 e. The number of fused-ring (bicyclic) bond motifs is 1. The fraction of sp³-hybridized carbons (Fsp3) is 0.417. The number of carbonyl (C=O) groups is 2. The number of nitrogens with one attached hydrogen (secondary N) is 3. The van der Waals surface area contributed by atoms with Crippen LogP contribution in [0.1, 0.15) is 55.5 Å². The molecule has 3 aromatic rings. The normalized spacial score (nSPS) is 17.6. The van der Waals surface area contributed by atoms with Gasteiger partial charge in [0.15, 0.2) is 5.65 Å². The van der Waals surface area contributed by atoms with Crippen molar-refractivity contribution in [2.45, 2.75) is 57.7 Å². The summed E-state index contributed by atoms with van der Waals surface area (Å²) in [5.74, 6) is -0.202. The number of ether oxygens (including phenoxy) is 1. The van der Waals surface area contributed by atoms with Crippen molar-refractivity contribution in [1.82, 2.24) is 30.2 Å². The van der Waals surface area contributed by atoms with Crippen LogP contribution in [0.4, 0.5) is 10.5 Å². The number of pyridine rings is 1. The Bertz CT molecular complexity index is 1270. The minimum Gasteiger partial charge on any atom is -0.453 e. The first-order valence-corrected chi connectivity index (χ1v) is 11.5. The van der Waals surface area contributed by atoms with Gasteiger partial charge < -0.3 is 20.7 Å². The van der Waals surface area contributed by atoms with Crippen LogP contribution < -0.4 is 16.0 Å². The molecule has 2 amide bonds. The van der Waals surface area contributed by atoms with Gasteiger partial charge in [-0.1, -0.05) is 0 Å². The number of hydrogen-bond acceptors (Lipinski definition) is 8. The van der Waals surface area contributed by atoms with Crippen LogP contribution in [0.3, 0.4) is 0 Å². The molecule has 0 saturated heterocycles. The minimum atomic E-state index is -0.431. The average Bonchev–Trinajstić information content (AvgIpc) is 3.27. The maximum absolute atomic E-state index is 13.2. The molecule has 0 aromatic carbocycles. The Balaban J connectivity index is 1.52. The number of nitrogens with zero attached hydrogens (tertiary/aromatic N) is 5. The van der Waals surface area contributed by atoms with Crippen LogP contribution in [0.15, 0.2) is 30.7 Å². The summed E-state index contributed by atoms with van der Waals surface area (Å²) in [4.78, 5) is 33.4. The number of rotatable bonds is 6. The molecule has 0 unspecified atom stereocenters. The molecule has 1 aliphatic rings. The van der Waals surface area contributed by atoms with Gasteiger partial charge in [0.05, 0.1) is 42.0 Å². The Hall–Kier alpha value is -4.20. The first-order valence-electron chi connectivity index (χ1n) is 11.5. The molecule has 0 atom stereocenters. The number of nitriles is 1. The van der Waals surface area contributed by atoms with Gasteiger partial charge >= 0.3 is 6.09 Å². The highest BCUT2D eigenvalue weighted by molar-refractivity contribution is 6.00. The summed E-state index contributed by atoms with van der Waals surface area (Å²) in [7, 11) is 1.35. The Morgan fingerprint density at radius 3 is 2.46 bits per heavy atom. The van der Waals surface area contributed by atoms with E-state index in [2.05, 4.69) is 41.8 Å². The number of alkyl carbamates (subject to hydrolysis) is 1. The van der Waals surface area contributed by atoms with E-state index in [9.17, 15) is 9.59 Å². The quantitative estimate of drug-likeness (QED) is 0.492. The second-order valence-corrected chi connectivity index (χ2v) is 8.84. The van der Waals surface area contributed by atoms with Gasteiger partial charge in [-0.15, -0.1) is 0 Å². The topological polar surface area (TPSA) is 146 Å². The van der Waals surface area contributed by atoms with Crippen molar-refractivity contribution in [1.29, 1.82) is 5.26 Å². The molecule has 4 rings (SSSR count). The van der Waals surface area contributed by atoms with Crippen molar-refractivity contribution in [3.63, 3.8) is 0 Å². The monoisotopic (exact) mass is 476 g/mol. The molecule has 1 fully saturated rings. The number of hydrogen-bond donors (Lipinski definition) is 3. The van der Waals surface area contributed by atoms with E-state index in [1.165, 1.54) is 13.3 Å². The minimum absolute atomic E-state index is 0.0158. The fourth-order valence-electron chi connectivity index (χ4n) is 4.19.